The maximum atomic E-state index is 12.2. The van der Waals surface area contributed by atoms with Crippen molar-refractivity contribution in [2.45, 2.75) is 39.3 Å². The van der Waals surface area contributed by atoms with Gasteiger partial charge in [0.2, 0.25) is 0 Å². The number of carbonyl (C=O) groups is 1. The Morgan fingerprint density at radius 2 is 2.22 bits per heavy atom. The molecule has 1 amide bonds. The number of aromatic nitrogens is 5. The van der Waals surface area contributed by atoms with Crippen LogP contribution in [-0.4, -0.2) is 37.1 Å². The fourth-order valence-corrected chi connectivity index (χ4v) is 3.21. The number of aliphatic imine (C=N–C) groups is 1. The molecule has 0 radical (unpaired) electrons. The predicted octanol–water partition coefficient (Wildman–Crippen LogP) is 2.91. The highest BCUT2D eigenvalue weighted by atomic mass is 16.1. The van der Waals surface area contributed by atoms with Crippen LogP contribution in [0.15, 0.2) is 35.5 Å². The third-order valence-corrected chi connectivity index (χ3v) is 4.54. The Labute approximate surface area is 156 Å². The van der Waals surface area contributed by atoms with Gasteiger partial charge in [-0.1, -0.05) is 6.08 Å². The standard InChI is InChI=1S/C19H21N7O/c1-11(2)26-18-16(21-10-13-6-8-22-24-13)9-15(23-17(18)12(3)25-26)14-5-4-7-20-19(14)27/h4-9,11,14H,10H2,1-3H3,(H,21,23)(H,22,24). The highest BCUT2D eigenvalue weighted by Gasteiger charge is 2.24. The summed E-state index contributed by atoms with van der Waals surface area (Å²) in [5.74, 6) is -0.688. The zero-order chi connectivity index (χ0) is 19.0. The summed E-state index contributed by atoms with van der Waals surface area (Å²) in [5.41, 5.74) is 5.08. The third-order valence-electron chi connectivity index (χ3n) is 4.54. The van der Waals surface area contributed by atoms with Gasteiger partial charge in [-0.2, -0.15) is 10.2 Å². The van der Waals surface area contributed by atoms with Gasteiger partial charge in [-0.25, -0.2) is 9.98 Å². The van der Waals surface area contributed by atoms with Gasteiger partial charge in [-0.05, 0) is 39.0 Å². The molecule has 3 aromatic rings. The number of aryl methyl sites for hydroxylation is 1. The van der Waals surface area contributed by atoms with E-state index in [4.69, 9.17) is 4.98 Å². The van der Waals surface area contributed by atoms with Crippen molar-refractivity contribution in [1.82, 2.24) is 25.0 Å². The average Bonchev–Trinajstić information content (AvgIpc) is 3.28. The lowest BCUT2D eigenvalue weighted by atomic mass is 10.0. The van der Waals surface area contributed by atoms with E-state index < -0.39 is 5.92 Å². The normalized spacial score (nSPS) is 16.6. The van der Waals surface area contributed by atoms with Crippen molar-refractivity contribution in [2.24, 2.45) is 4.99 Å². The Bertz CT molecular complexity index is 1040. The number of dihydropyridines is 1. The molecule has 1 aliphatic rings. The van der Waals surface area contributed by atoms with Gasteiger partial charge in [0.05, 0.1) is 29.3 Å². The van der Waals surface area contributed by atoms with Gasteiger partial charge in [0, 0.05) is 18.5 Å². The number of allylic oxidation sites excluding steroid dienone is 1. The van der Waals surface area contributed by atoms with Crippen LogP contribution in [0, 0.1) is 6.92 Å². The first kappa shape index (κ1) is 17.1. The number of H-pyrrole nitrogens is 1. The number of aromatic amines is 1. The van der Waals surface area contributed by atoms with Crippen molar-refractivity contribution in [3.63, 3.8) is 0 Å². The average molecular weight is 363 g/mol. The molecule has 8 heteroatoms. The SMILES string of the molecule is Cc1nn(C(C)C)c2c(NCc3ccn[nH]3)cc(C3C=CC=NC3=O)nc12. The number of hydrogen-bond acceptors (Lipinski definition) is 5. The largest absolute Gasteiger partial charge is 0.378 e. The summed E-state index contributed by atoms with van der Waals surface area (Å²) in [5, 5.41) is 15.0. The molecule has 4 rings (SSSR count). The van der Waals surface area contributed by atoms with Crippen LogP contribution in [0.5, 0.6) is 0 Å². The third kappa shape index (κ3) is 3.14. The van der Waals surface area contributed by atoms with Crippen molar-refractivity contribution in [3.8, 4) is 0 Å². The first-order chi connectivity index (χ1) is 13.0. The molecule has 0 bridgehead atoms. The Hall–Kier alpha value is -3.29. The molecule has 0 aliphatic carbocycles. The minimum Gasteiger partial charge on any atom is -0.378 e. The summed E-state index contributed by atoms with van der Waals surface area (Å²) in [6.45, 7) is 6.68. The Kier molecular flexibility index (Phi) is 4.31. The summed E-state index contributed by atoms with van der Waals surface area (Å²) in [6.07, 6.45) is 6.83. The van der Waals surface area contributed by atoms with Gasteiger partial charge in [0.15, 0.2) is 0 Å². The maximum absolute atomic E-state index is 12.2. The molecule has 0 fully saturated rings. The lowest BCUT2D eigenvalue weighted by Crippen LogP contribution is -2.14. The summed E-state index contributed by atoms with van der Waals surface area (Å²) >= 11 is 0. The number of rotatable bonds is 5. The minimum atomic E-state index is -0.478. The molecule has 1 atom stereocenters. The first-order valence-corrected chi connectivity index (χ1v) is 8.91. The molecule has 0 aromatic carbocycles. The zero-order valence-corrected chi connectivity index (χ0v) is 15.5. The van der Waals surface area contributed by atoms with E-state index in [9.17, 15) is 4.79 Å². The van der Waals surface area contributed by atoms with Gasteiger partial charge < -0.3 is 5.32 Å². The van der Waals surface area contributed by atoms with E-state index in [1.54, 1.807) is 12.3 Å². The molecular formula is C19H21N7O. The molecule has 8 nitrogen and oxygen atoms in total. The molecule has 1 aliphatic heterocycles. The van der Waals surface area contributed by atoms with Crippen molar-refractivity contribution >= 4 is 28.8 Å². The van der Waals surface area contributed by atoms with Gasteiger partial charge in [-0.15, -0.1) is 0 Å². The van der Waals surface area contributed by atoms with E-state index in [2.05, 4.69) is 39.5 Å². The number of amides is 1. The van der Waals surface area contributed by atoms with Crippen molar-refractivity contribution in [3.05, 3.63) is 47.6 Å². The molecule has 2 N–H and O–H groups in total. The smallest absolute Gasteiger partial charge is 0.258 e. The summed E-state index contributed by atoms with van der Waals surface area (Å²) in [6, 6.07) is 4.02. The molecule has 138 valence electrons. The molecule has 0 spiro atoms. The number of pyridine rings is 1. The number of hydrogen-bond donors (Lipinski definition) is 2. The highest BCUT2D eigenvalue weighted by Crippen LogP contribution is 2.32. The van der Waals surface area contributed by atoms with Crippen molar-refractivity contribution < 1.29 is 4.79 Å². The molecular weight excluding hydrogens is 342 g/mol. The molecule has 0 saturated carbocycles. The quantitative estimate of drug-likeness (QED) is 0.726. The van der Waals surface area contributed by atoms with E-state index >= 15 is 0 Å². The van der Waals surface area contributed by atoms with Crippen LogP contribution in [0.1, 0.15) is 42.9 Å². The second-order valence-corrected chi connectivity index (χ2v) is 6.83. The number of nitrogens with zero attached hydrogens (tertiary/aromatic N) is 5. The van der Waals surface area contributed by atoms with Crippen LogP contribution in [0.4, 0.5) is 5.69 Å². The summed E-state index contributed by atoms with van der Waals surface area (Å²) in [7, 11) is 0. The number of anilines is 1. The predicted molar refractivity (Wildman–Crippen MR) is 104 cm³/mol. The van der Waals surface area contributed by atoms with E-state index in [0.717, 1.165) is 28.1 Å². The second-order valence-electron chi connectivity index (χ2n) is 6.83. The van der Waals surface area contributed by atoms with Gasteiger partial charge in [-0.3, -0.25) is 14.6 Å². The maximum Gasteiger partial charge on any atom is 0.258 e. The topological polar surface area (TPSA) is 101 Å². The van der Waals surface area contributed by atoms with Crippen LogP contribution < -0.4 is 5.32 Å². The fraction of sp³-hybridized carbons (Fsp3) is 0.316. The number of fused-ring (bicyclic) bond motifs is 1. The van der Waals surface area contributed by atoms with Gasteiger partial charge >= 0.3 is 0 Å². The van der Waals surface area contributed by atoms with Crippen LogP contribution in [-0.2, 0) is 11.3 Å². The van der Waals surface area contributed by atoms with E-state index in [0.29, 0.717) is 12.2 Å². The van der Waals surface area contributed by atoms with Crippen LogP contribution in [0.2, 0.25) is 0 Å². The minimum absolute atomic E-state index is 0.183. The second kappa shape index (κ2) is 6.79. The lowest BCUT2D eigenvalue weighted by molar-refractivity contribution is -0.118. The first-order valence-electron chi connectivity index (χ1n) is 8.91. The Balaban J connectivity index is 1.84. The van der Waals surface area contributed by atoms with Crippen molar-refractivity contribution in [1.29, 1.82) is 0 Å². The van der Waals surface area contributed by atoms with Gasteiger partial charge in [0.1, 0.15) is 17.0 Å². The molecule has 0 saturated heterocycles. The van der Waals surface area contributed by atoms with Crippen LogP contribution in [0.25, 0.3) is 11.0 Å². The number of carbonyl (C=O) groups excluding carboxylic acids is 1. The lowest BCUT2D eigenvalue weighted by Gasteiger charge is -2.16. The highest BCUT2D eigenvalue weighted by molar-refractivity contribution is 5.98. The summed E-state index contributed by atoms with van der Waals surface area (Å²) < 4.78 is 1.97. The monoisotopic (exact) mass is 363 g/mol. The molecule has 3 aromatic heterocycles. The molecule has 4 heterocycles. The van der Waals surface area contributed by atoms with Crippen LogP contribution >= 0.6 is 0 Å². The summed E-state index contributed by atoms with van der Waals surface area (Å²) in [4.78, 5) is 20.9. The van der Waals surface area contributed by atoms with Gasteiger partial charge in [0.25, 0.3) is 5.91 Å². The van der Waals surface area contributed by atoms with E-state index in [-0.39, 0.29) is 11.9 Å². The fourth-order valence-electron chi connectivity index (χ4n) is 3.21. The molecule has 1 unspecified atom stereocenters. The van der Waals surface area contributed by atoms with Crippen molar-refractivity contribution in [2.75, 3.05) is 5.32 Å². The van der Waals surface area contributed by atoms with Crippen LogP contribution in [0.3, 0.4) is 0 Å². The Morgan fingerprint density at radius 3 is 2.93 bits per heavy atom. The van der Waals surface area contributed by atoms with E-state index in [1.807, 2.05) is 29.8 Å². The number of nitrogens with one attached hydrogen (secondary N) is 2. The molecule has 27 heavy (non-hydrogen) atoms. The Morgan fingerprint density at radius 1 is 1.37 bits per heavy atom. The van der Waals surface area contributed by atoms with E-state index in [1.165, 1.54) is 6.21 Å². The zero-order valence-electron chi connectivity index (χ0n) is 15.5.